The number of sulfonamides is 1. The van der Waals surface area contributed by atoms with Crippen LogP contribution in [0.15, 0.2) is 68.2 Å². The van der Waals surface area contributed by atoms with Crippen molar-refractivity contribution in [2.24, 2.45) is 15.6 Å². The molecule has 2 aromatic rings. The van der Waals surface area contributed by atoms with Gasteiger partial charge in [0.25, 0.3) is 10.0 Å². The smallest absolute Gasteiger partial charge is 0.244 e. The van der Waals surface area contributed by atoms with Gasteiger partial charge in [-0.2, -0.15) is 8.42 Å². The van der Waals surface area contributed by atoms with Crippen LogP contribution < -0.4 is 0 Å². The summed E-state index contributed by atoms with van der Waals surface area (Å²) in [5.74, 6) is 0.692. The molecule has 0 fully saturated rings. The van der Waals surface area contributed by atoms with Crippen LogP contribution in [0.4, 0.5) is 0 Å². The molecule has 6 heteroatoms. The molecule has 2 aromatic carbocycles. The van der Waals surface area contributed by atoms with Gasteiger partial charge in [0.05, 0.1) is 14.6 Å². The normalized spacial score (nSPS) is 15.2. The molecule has 0 aliphatic heterocycles. The minimum Gasteiger partial charge on any atom is -0.244 e. The Bertz CT molecular complexity index is 972. The molecule has 2 unspecified atom stereocenters. The van der Waals surface area contributed by atoms with Crippen LogP contribution in [0.25, 0.3) is 0 Å². The summed E-state index contributed by atoms with van der Waals surface area (Å²) in [7, 11) is -7.15. The molecule has 0 amide bonds. The Morgan fingerprint density at radius 1 is 0.893 bits per heavy atom. The van der Waals surface area contributed by atoms with Crippen LogP contribution in [0.1, 0.15) is 45.6 Å². The van der Waals surface area contributed by atoms with Gasteiger partial charge in [0, 0.05) is 10.6 Å². The van der Waals surface area contributed by atoms with Crippen molar-refractivity contribution in [2.75, 3.05) is 5.75 Å². The summed E-state index contributed by atoms with van der Waals surface area (Å²) >= 11 is 0. The maximum absolute atomic E-state index is 14.0. The van der Waals surface area contributed by atoms with Crippen LogP contribution in [-0.2, 0) is 19.8 Å². The van der Waals surface area contributed by atoms with Crippen molar-refractivity contribution in [3.8, 4) is 0 Å². The Morgan fingerprint density at radius 3 is 2.04 bits per heavy atom. The highest BCUT2D eigenvalue weighted by Crippen LogP contribution is 2.27. The van der Waals surface area contributed by atoms with Crippen molar-refractivity contribution in [1.82, 2.24) is 0 Å². The minimum atomic E-state index is -4.03. The van der Waals surface area contributed by atoms with E-state index in [0.717, 1.165) is 24.8 Å². The zero-order valence-corrected chi connectivity index (χ0v) is 18.8. The van der Waals surface area contributed by atoms with E-state index in [0.29, 0.717) is 10.8 Å². The molecular weight excluding hydrogens is 390 g/mol. The van der Waals surface area contributed by atoms with Gasteiger partial charge < -0.3 is 0 Å². The van der Waals surface area contributed by atoms with Crippen molar-refractivity contribution in [2.45, 2.75) is 56.7 Å². The molecule has 2 atom stereocenters. The number of aryl methyl sites for hydroxylation is 1. The van der Waals surface area contributed by atoms with Crippen LogP contribution in [0.5, 0.6) is 0 Å². The third kappa shape index (κ3) is 5.92. The van der Waals surface area contributed by atoms with E-state index < -0.39 is 19.8 Å². The molecule has 4 nitrogen and oxygen atoms in total. The Balaban J connectivity index is 2.57. The lowest BCUT2D eigenvalue weighted by atomic mass is 9.92. The van der Waals surface area contributed by atoms with Crippen molar-refractivity contribution < 1.29 is 12.6 Å². The fraction of sp³-hybridized carbons (Fsp3) is 0.455. The van der Waals surface area contributed by atoms with E-state index in [9.17, 15) is 12.6 Å². The lowest BCUT2D eigenvalue weighted by Gasteiger charge is -2.23. The molecule has 0 aromatic heterocycles. The molecule has 2 rings (SSSR count). The van der Waals surface area contributed by atoms with Crippen molar-refractivity contribution in [3.05, 3.63) is 60.2 Å². The maximum atomic E-state index is 14.0. The van der Waals surface area contributed by atoms with Crippen LogP contribution in [0.3, 0.4) is 0 Å². The monoisotopic (exact) mass is 421 g/mol. The molecule has 28 heavy (non-hydrogen) atoms. The Labute approximate surface area is 170 Å². The van der Waals surface area contributed by atoms with Gasteiger partial charge in [-0.15, -0.1) is 3.77 Å². The highest BCUT2D eigenvalue weighted by molar-refractivity contribution is 8.03. The summed E-state index contributed by atoms with van der Waals surface area (Å²) in [5.41, 5.74) is 0.960. The van der Waals surface area contributed by atoms with Crippen LogP contribution >= 0.6 is 0 Å². The second kappa shape index (κ2) is 9.70. The van der Waals surface area contributed by atoms with E-state index in [-0.39, 0.29) is 16.6 Å². The van der Waals surface area contributed by atoms with Gasteiger partial charge in [0.15, 0.2) is 0 Å². The summed E-state index contributed by atoms with van der Waals surface area (Å²) < 4.78 is 43.9. The Kier molecular flexibility index (Phi) is 7.84. The van der Waals surface area contributed by atoms with E-state index in [4.69, 9.17) is 0 Å². The van der Waals surface area contributed by atoms with Gasteiger partial charge >= 0.3 is 0 Å². The number of hydrogen-bond donors (Lipinski definition) is 0. The first-order chi connectivity index (χ1) is 13.2. The van der Waals surface area contributed by atoms with E-state index in [1.807, 2.05) is 13.0 Å². The van der Waals surface area contributed by atoms with E-state index in [1.165, 1.54) is 12.1 Å². The lowest BCUT2D eigenvalue weighted by molar-refractivity contribution is 0.384. The lowest BCUT2D eigenvalue weighted by Crippen LogP contribution is -2.22. The molecule has 0 aliphatic rings. The van der Waals surface area contributed by atoms with Gasteiger partial charge in [-0.25, -0.2) is 4.21 Å². The summed E-state index contributed by atoms with van der Waals surface area (Å²) in [6.07, 6.45) is 2.99. The molecule has 0 N–H and O–H groups in total. The topological polar surface area (TPSA) is 63.6 Å². The first-order valence-corrected chi connectivity index (χ1v) is 12.9. The largest absolute Gasteiger partial charge is 0.290 e. The van der Waals surface area contributed by atoms with Crippen molar-refractivity contribution in [1.29, 1.82) is 0 Å². The predicted molar refractivity (Wildman–Crippen MR) is 116 cm³/mol. The van der Waals surface area contributed by atoms with Gasteiger partial charge in [-0.05, 0) is 49.4 Å². The number of nitrogens with zero attached hydrogens (tertiary/aromatic N) is 1. The second-order valence-electron chi connectivity index (χ2n) is 7.63. The predicted octanol–water partition coefficient (Wildman–Crippen LogP) is 5.67. The van der Waals surface area contributed by atoms with E-state index in [2.05, 4.69) is 24.5 Å². The van der Waals surface area contributed by atoms with Gasteiger partial charge in [0.2, 0.25) is 0 Å². The average molecular weight is 422 g/mol. The zero-order valence-electron chi connectivity index (χ0n) is 17.2. The first-order valence-electron chi connectivity index (χ1n) is 9.81. The molecule has 0 bridgehead atoms. The molecule has 0 heterocycles. The number of hydrogen-bond acceptors (Lipinski definition) is 3. The van der Waals surface area contributed by atoms with Gasteiger partial charge in [0.1, 0.15) is 0 Å². The maximum Gasteiger partial charge on any atom is 0.290 e. The molecule has 0 saturated carbocycles. The van der Waals surface area contributed by atoms with Crippen molar-refractivity contribution >= 4 is 19.8 Å². The molecule has 154 valence electrons. The number of benzene rings is 2. The zero-order chi connectivity index (χ0) is 20.8. The first kappa shape index (κ1) is 22.6. The summed E-state index contributed by atoms with van der Waals surface area (Å²) in [4.78, 5) is 0.559. The Hall–Kier alpha value is -1.66. The highest BCUT2D eigenvalue weighted by atomic mass is 32.3. The minimum absolute atomic E-state index is 0.0800. The average Bonchev–Trinajstić information content (AvgIpc) is 2.65. The van der Waals surface area contributed by atoms with Gasteiger partial charge in [-0.3, -0.25) is 0 Å². The Morgan fingerprint density at radius 2 is 1.50 bits per heavy atom. The fourth-order valence-electron chi connectivity index (χ4n) is 3.08. The molecule has 0 saturated heterocycles. The van der Waals surface area contributed by atoms with E-state index >= 15 is 0 Å². The SMILES string of the molecule is CCCCC(CS(=O)(=NS(=O)(=O)c1ccc(C)cc1)c1ccccc1)C(C)C. The molecular formula is C22H31NO3S2. The third-order valence-electron chi connectivity index (χ3n) is 4.96. The van der Waals surface area contributed by atoms with E-state index in [1.54, 1.807) is 36.4 Å². The van der Waals surface area contributed by atoms with Crippen LogP contribution in [0.2, 0.25) is 0 Å². The quantitative estimate of drug-likeness (QED) is 0.524. The number of rotatable bonds is 9. The molecule has 0 aliphatic carbocycles. The summed E-state index contributed by atoms with van der Waals surface area (Å²) in [6.45, 7) is 8.21. The highest BCUT2D eigenvalue weighted by Gasteiger charge is 2.26. The van der Waals surface area contributed by atoms with Gasteiger partial charge in [-0.1, -0.05) is 69.5 Å². The summed E-state index contributed by atoms with van der Waals surface area (Å²) in [5, 5.41) is 0. The number of unbranched alkanes of at least 4 members (excludes halogenated alkanes) is 1. The van der Waals surface area contributed by atoms with Crippen LogP contribution in [0, 0.1) is 18.8 Å². The fourth-order valence-corrected chi connectivity index (χ4v) is 7.67. The third-order valence-corrected chi connectivity index (χ3v) is 9.46. The second-order valence-corrected chi connectivity index (χ2v) is 11.7. The molecule has 0 radical (unpaired) electrons. The standard InChI is InChI=1S/C22H31NO3S2/c1-5-6-10-20(18(2)3)17-27(24,21-11-8-7-9-12-21)23-28(25,26)22-15-13-19(4)14-16-22/h7-9,11-16,18,20H,5-6,10,17H2,1-4H3. The van der Waals surface area contributed by atoms with Crippen molar-refractivity contribution in [3.63, 3.8) is 0 Å². The molecule has 0 spiro atoms. The van der Waals surface area contributed by atoms with Crippen LogP contribution in [-0.4, -0.2) is 18.4 Å². The summed E-state index contributed by atoms with van der Waals surface area (Å²) in [6, 6.07) is 15.3.